The number of anilines is 1. The van der Waals surface area contributed by atoms with Gasteiger partial charge < -0.3 is 10.1 Å². The summed E-state index contributed by atoms with van der Waals surface area (Å²) in [6.45, 7) is 2.35. The van der Waals surface area contributed by atoms with Crippen LogP contribution in [0.15, 0.2) is 72.9 Å². The summed E-state index contributed by atoms with van der Waals surface area (Å²) in [6, 6.07) is 20.7. The third kappa shape index (κ3) is 4.20. The molecule has 1 N–H and O–H groups in total. The molecule has 2 aromatic carbocycles. The van der Waals surface area contributed by atoms with Crippen LogP contribution >= 0.6 is 0 Å². The molecule has 3 aromatic rings. The molecule has 0 unspecified atom stereocenters. The fraction of sp³-hybridized carbons (Fsp3) is 0.100. The van der Waals surface area contributed by atoms with Gasteiger partial charge in [0.15, 0.2) is 0 Å². The van der Waals surface area contributed by atoms with Crippen LogP contribution in [-0.4, -0.2) is 10.9 Å². The number of carbonyl (C=O) groups excluding carboxylic acids is 1. The van der Waals surface area contributed by atoms with Gasteiger partial charge in [0.2, 0.25) is 0 Å². The van der Waals surface area contributed by atoms with Crippen LogP contribution in [0.25, 0.3) is 0 Å². The van der Waals surface area contributed by atoms with Crippen LogP contribution < -0.4 is 10.1 Å². The number of ether oxygens (including phenoxy) is 1. The van der Waals surface area contributed by atoms with E-state index in [9.17, 15) is 4.79 Å². The molecule has 0 radical (unpaired) electrons. The van der Waals surface area contributed by atoms with Crippen molar-refractivity contribution >= 4 is 11.6 Å². The number of hydrogen-bond donors (Lipinski definition) is 1. The zero-order valence-electron chi connectivity index (χ0n) is 13.4. The molecule has 0 saturated heterocycles. The van der Waals surface area contributed by atoms with Gasteiger partial charge in [-0.3, -0.25) is 9.78 Å². The third-order valence-corrected chi connectivity index (χ3v) is 3.50. The number of nitrogens with one attached hydrogen (secondary N) is 1. The molecule has 1 heterocycles. The molecule has 120 valence electrons. The molecule has 4 heteroatoms. The molecule has 0 aliphatic heterocycles. The summed E-state index contributed by atoms with van der Waals surface area (Å²) in [5, 5.41) is 2.87. The van der Waals surface area contributed by atoms with Gasteiger partial charge in [-0.25, -0.2) is 0 Å². The summed E-state index contributed by atoms with van der Waals surface area (Å²) in [5.41, 5.74) is 3.21. The van der Waals surface area contributed by atoms with Gasteiger partial charge in [0.25, 0.3) is 5.91 Å². The third-order valence-electron chi connectivity index (χ3n) is 3.50. The largest absolute Gasteiger partial charge is 0.489 e. The predicted molar refractivity (Wildman–Crippen MR) is 94.1 cm³/mol. The molecular formula is C20H18N2O2. The minimum absolute atomic E-state index is 0.175. The Morgan fingerprint density at radius 3 is 2.67 bits per heavy atom. The Hall–Kier alpha value is -3.14. The first-order chi connectivity index (χ1) is 11.7. The molecule has 24 heavy (non-hydrogen) atoms. The van der Waals surface area contributed by atoms with Crippen molar-refractivity contribution in [1.29, 1.82) is 0 Å². The molecule has 0 spiro atoms. The smallest absolute Gasteiger partial charge is 0.255 e. The van der Waals surface area contributed by atoms with Crippen molar-refractivity contribution in [3.8, 4) is 5.75 Å². The average molecular weight is 318 g/mol. The van der Waals surface area contributed by atoms with Gasteiger partial charge in [0.1, 0.15) is 12.4 Å². The maximum atomic E-state index is 12.4. The fourth-order valence-electron chi connectivity index (χ4n) is 2.29. The van der Waals surface area contributed by atoms with Gasteiger partial charge in [-0.05, 0) is 42.8 Å². The predicted octanol–water partition coefficient (Wildman–Crippen LogP) is 4.22. The maximum absolute atomic E-state index is 12.4. The lowest BCUT2D eigenvalue weighted by molar-refractivity contribution is 0.102. The van der Waals surface area contributed by atoms with E-state index in [-0.39, 0.29) is 5.91 Å². The summed E-state index contributed by atoms with van der Waals surface area (Å²) < 4.78 is 5.76. The number of hydrogen-bond acceptors (Lipinski definition) is 3. The molecule has 1 aromatic heterocycles. The summed E-state index contributed by atoms with van der Waals surface area (Å²) >= 11 is 0. The second-order valence-corrected chi connectivity index (χ2v) is 5.44. The second-order valence-electron chi connectivity index (χ2n) is 5.44. The lowest BCUT2D eigenvalue weighted by Crippen LogP contribution is -2.12. The Balaban J connectivity index is 1.67. The van der Waals surface area contributed by atoms with Gasteiger partial charge in [-0.1, -0.05) is 36.4 Å². The Labute approximate surface area is 141 Å². The van der Waals surface area contributed by atoms with Gasteiger partial charge in [-0.15, -0.1) is 0 Å². The molecule has 4 nitrogen and oxygen atoms in total. The van der Waals surface area contributed by atoms with Crippen LogP contribution in [0.1, 0.15) is 21.6 Å². The summed E-state index contributed by atoms with van der Waals surface area (Å²) in [7, 11) is 0. The van der Waals surface area contributed by atoms with Crippen LogP contribution in [0, 0.1) is 6.92 Å². The van der Waals surface area contributed by atoms with Crippen LogP contribution in [0.5, 0.6) is 5.75 Å². The Morgan fingerprint density at radius 2 is 1.88 bits per heavy atom. The topological polar surface area (TPSA) is 51.2 Å². The maximum Gasteiger partial charge on any atom is 0.255 e. The first kappa shape index (κ1) is 15.7. The molecule has 1 amide bonds. The minimum Gasteiger partial charge on any atom is -0.489 e. The number of carbonyl (C=O) groups is 1. The van der Waals surface area contributed by atoms with E-state index in [0.717, 1.165) is 16.9 Å². The van der Waals surface area contributed by atoms with Crippen molar-refractivity contribution in [2.24, 2.45) is 0 Å². The molecule has 3 rings (SSSR count). The highest BCUT2D eigenvalue weighted by atomic mass is 16.5. The molecule has 0 aliphatic carbocycles. The van der Waals surface area contributed by atoms with Gasteiger partial charge >= 0.3 is 0 Å². The van der Waals surface area contributed by atoms with E-state index < -0.39 is 0 Å². The highest BCUT2D eigenvalue weighted by Gasteiger charge is 2.08. The van der Waals surface area contributed by atoms with E-state index in [1.807, 2.05) is 55.5 Å². The molecule has 0 fully saturated rings. The first-order valence-electron chi connectivity index (χ1n) is 7.71. The number of aryl methyl sites for hydroxylation is 1. The lowest BCUT2D eigenvalue weighted by Gasteiger charge is -2.09. The number of aromatic nitrogens is 1. The van der Waals surface area contributed by atoms with E-state index in [1.54, 1.807) is 24.4 Å². The SMILES string of the molecule is Cc1cc(NC(=O)c2cccc(OCc3ccccc3)c2)ccn1. The first-order valence-corrected chi connectivity index (χ1v) is 7.71. The second kappa shape index (κ2) is 7.42. The van der Waals surface area contributed by atoms with E-state index >= 15 is 0 Å². The van der Waals surface area contributed by atoms with E-state index in [4.69, 9.17) is 4.74 Å². The standard InChI is InChI=1S/C20H18N2O2/c1-15-12-18(10-11-21-15)22-20(23)17-8-5-9-19(13-17)24-14-16-6-3-2-4-7-16/h2-13H,14H2,1H3,(H,21,22,23). The molecule has 0 aliphatic rings. The zero-order chi connectivity index (χ0) is 16.8. The van der Waals surface area contributed by atoms with Gasteiger partial charge in [0.05, 0.1) is 0 Å². The summed E-state index contributed by atoms with van der Waals surface area (Å²) in [6.07, 6.45) is 1.67. The Kier molecular flexibility index (Phi) is 4.87. The van der Waals surface area contributed by atoms with Crippen molar-refractivity contribution in [1.82, 2.24) is 4.98 Å². The molecule has 0 saturated carbocycles. The number of nitrogens with zero attached hydrogens (tertiary/aromatic N) is 1. The average Bonchev–Trinajstić information content (AvgIpc) is 2.61. The van der Waals surface area contributed by atoms with Crippen LogP contribution in [0.4, 0.5) is 5.69 Å². The van der Waals surface area contributed by atoms with E-state index in [2.05, 4.69) is 10.3 Å². The van der Waals surface area contributed by atoms with Gasteiger partial charge in [-0.2, -0.15) is 0 Å². The highest BCUT2D eigenvalue weighted by Crippen LogP contribution is 2.17. The summed E-state index contributed by atoms with van der Waals surface area (Å²) in [4.78, 5) is 16.5. The summed E-state index contributed by atoms with van der Waals surface area (Å²) in [5.74, 6) is 0.489. The van der Waals surface area contributed by atoms with Crippen LogP contribution in [0.2, 0.25) is 0 Å². The Morgan fingerprint density at radius 1 is 1.04 bits per heavy atom. The molecular weight excluding hydrogens is 300 g/mol. The van der Waals surface area contributed by atoms with E-state index in [1.165, 1.54) is 0 Å². The van der Waals surface area contributed by atoms with Crippen molar-refractivity contribution in [2.45, 2.75) is 13.5 Å². The molecule has 0 atom stereocenters. The van der Waals surface area contributed by atoms with Gasteiger partial charge in [0, 0.05) is 23.1 Å². The number of benzene rings is 2. The van der Waals surface area contributed by atoms with Crippen molar-refractivity contribution in [3.05, 3.63) is 89.7 Å². The fourth-order valence-corrected chi connectivity index (χ4v) is 2.29. The van der Waals surface area contributed by atoms with Crippen molar-refractivity contribution < 1.29 is 9.53 Å². The van der Waals surface area contributed by atoms with E-state index in [0.29, 0.717) is 17.9 Å². The number of amides is 1. The normalized spacial score (nSPS) is 10.2. The van der Waals surface area contributed by atoms with Crippen molar-refractivity contribution in [2.75, 3.05) is 5.32 Å². The minimum atomic E-state index is -0.175. The number of pyridine rings is 1. The monoisotopic (exact) mass is 318 g/mol. The number of rotatable bonds is 5. The Bertz CT molecular complexity index is 832. The molecule has 0 bridgehead atoms. The van der Waals surface area contributed by atoms with Crippen LogP contribution in [-0.2, 0) is 6.61 Å². The lowest BCUT2D eigenvalue weighted by atomic mass is 10.2. The quantitative estimate of drug-likeness (QED) is 0.766. The van der Waals surface area contributed by atoms with Crippen molar-refractivity contribution in [3.63, 3.8) is 0 Å². The highest BCUT2D eigenvalue weighted by molar-refractivity contribution is 6.04. The zero-order valence-corrected chi connectivity index (χ0v) is 13.4. The van der Waals surface area contributed by atoms with Crippen LogP contribution in [0.3, 0.4) is 0 Å².